The smallest absolute Gasteiger partial charge is 0.232 e. The number of unbranched alkanes of at least 4 members (excludes halogenated alkanes) is 1. The monoisotopic (exact) mass is 280 g/mol. The minimum Gasteiger partial charge on any atom is -0.463 e. The first kappa shape index (κ1) is 15.3. The quantitative estimate of drug-likeness (QED) is 0.600. The zero-order valence-electron chi connectivity index (χ0n) is 12.5. The third kappa shape index (κ3) is 3.72. The second kappa shape index (κ2) is 6.12. The predicted octanol–water partition coefficient (Wildman–Crippen LogP) is 3.04. The van der Waals surface area contributed by atoms with E-state index in [2.05, 4.69) is 12.7 Å². The maximum atomic E-state index is 10.1. The molecule has 0 radical (unpaired) electrons. The molecule has 0 spiro atoms. The standard InChI is InChI=1S/C16H24O4/c1-5-11(2)8-6-7-9-12(17)13-10-14-15(18-13)20-16(3,4)19-14/h5,8,10,12,14-15,17H,1,6-7,9H2,2-4H3/b11-8+/t12?,14-,15-/m1/s1. The first-order valence-corrected chi connectivity index (χ1v) is 7.12. The molecule has 2 rings (SSSR count). The fourth-order valence-electron chi connectivity index (χ4n) is 2.35. The van der Waals surface area contributed by atoms with E-state index in [1.165, 1.54) is 0 Å². The van der Waals surface area contributed by atoms with E-state index in [1.54, 1.807) is 0 Å². The SMILES string of the molecule is C=C/C(C)=C/CCCC(O)C1=C[C@H]2OC(C)(C)O[C@H]2O1. The van der Waals surface area contributed by atoms with Gasteiger partial charge in [0.05, 0.1) is 0 Å². The van der Waals surface area contributed by atoms with Crippen LogP contribution in [0.1, 0.15) is 40.0 Å². The van der Waals surface area contributed by atoms with Gasteiger partial charge in [0.15, 0.2) is 5.79 Å². The van der Waals surface area contributed by atoms with Gasteiger partial charge in [-0.1, -0.05) is 24.3 Å². The lowest BCUT2D eigenvalue weighted by Crippen LogP contribution is -2.23. The summed E-state index contributed by atoms with van der Waals surface area (Å²) >= 11 is 0. The van der Waals surface area contributed by atoms with Gasteiger partial charge in [-0.3, -0.25) is 0 Å². The van der Waals surface area contributed by atoms with Crippen molar-refractivity contribution < 1.29 is 19.3 Å². The van der Waals surface area contributed by atoms with Crippen molar-refractivity contribution in [1.82, 2.24) is 0 Å². The minimum absolute atomic E-state index is 0.211. The third-order valence-electron chi connectivity index (χ3n) is 3.47. The van der Waals surface area contributed by atoms with E-state index in [0.717, 1.165) is 18.4 Å². The van der Waals surface area contributed by atoms with Crippen molar-refractivity contribution in [2.24, 2.45) is 0 Å². The van der Waals surface area contributed by atoms with Gasteiger partial charge < -0.3 is 19.3 Å². The largest absolute Gasteiger partial charge is 0.463 e. The molecule has 0 aliphatic carbocycles. The van der Waals surface area contributed by atoms with Crippen LogP contribution in [0.4, 0.5) is 0 Å². The number of hydrogen-bond acceptors (Lipinski definition) is 4. The fourth-order valence-corrected chi connectivity index (χ4v) is 2.35. The van der Waals surface area contributed by atoms with Gasteiger partial charge in [-0.25, -0.2) is 0 Å². The molecule has 4 heteroatoms. The summed E-state index contributed by atoms with van der Waals surface area (Å²) in [7, 11) is 0. The van der Waals surface area contributed by atoms with Gasteiger partial charge >= 0.3 is 0 Å². The van der Waals surface area contributed by atoms with Crippen LogP contribution in [0.25, 0.3) is 0 Å². The van der Waals surface area contributed by atoms with E-state index in [9.17, 15) is 5.11 Å². The van der Waals surface area contributed by atoms with Crippen LogP contribution >= 0.6 is 0 Å². The molecule has 0 aromatic rings. The van der Waals surface area contributed by atoms with Gasteiger partial charge in [-0.2, -0.15) is 0 Å². The molecular weight excluding hydrogens is 256 g/mol. The van der Waals surface area contributed by atoms with Crippen molar-refractivity contribution in [2.75, 3.05) is 0 Å². The lowest BCUT2D eigenvalue weighted by molar-refractivity contribution is -0.184. The Morgan fingerprint density at radius 2 is 2.25 bits per heavy atom. The van der Waals surface area contributed by atoms with Crippen molar-refractivity contribution >= 4 is 0 Å². The Labute approximate surface area is 120 Å². The molecular formula is C16H24O4. The molecule has 2 heterocycles. The van der Waals surface area contributed by atoms with E-state index >= 15 is 0 Å². The number of allylic oxidation sites excluding steroid dienone is 3. The Bertz CT molecular complexity index is 422. The maximum Gasteiger partial charge on any atom is 0.232 e. The molecule has 2 aliphatic heterocycles. The molecule has 0 aromatic carbocycles. The van der Waals surface area contributed by atoms with Crippen LogP contribution in [0, 0.1) is 0 Å². The predicted molar refractivity (Wildman–Crippen MR) is 76.8 cm³/mol. The lowest BCUT2D eigenvalue weighted by atomic mass is 10.1. The van der Waals surface area contributed by atoms with Crippen molar-refractivity contribution in [3.63, 3.8) is 0 Å². The zero-order chi connectivity index (χ0) is 14.8. The van der Waals surface area contributed by atoms with Crippen LogP contribution < -0.4 is 0 Å². The molecule has 1 fully saturated rings. The van der Waals surface area contributed by atoms with E-state index in [4.69, 9.17) is 14.2 Å². The van der Waals surface area contributed by atoms with Crippen LogP contribution in [-0.4, -0.2) is 29.4 Å². The molecule has 1 saturated heterocycles. The van der Waals surface area contributed by atoms with Gasteiger partial charge in [0.2, 0.25) is 6.29 Å². The number of hydrogen-bond donors (Lipinski definition) is 1. The molecule has 1 unspecified atom stereocenters. The van der Waals surface area contributed by atoms with E-state index < -0.39 is 18.2 Å². The van der Waals surface area contributed by atoms with Gasteiger partial charge in [0, 0.05) is 0 Å². The third-order valence-corrected chi connectivity index (χ3v) is 3.47. The lowest BCUT2D eigenvalue weighted by Gasteiger charge is -2.19. The normalized spacial score (nSPS) is 29.6. The Balaban J connectivity index is 1.78. The van der Waals surface area contributed by atoms with Crippen molar-refractivity contribution in [3.05, 3.63) is 36.1 Å². The minimum atomic E-state index is -0.616. The Kier molecular flexibility index (Phi) is 4.68. The molecule has 0 saturated carbocycles. The van der Waals surface area contributed by atoms with Crippen LogP contribution in [-0.2, 0) is 14.2 Å². The molecule has 20 heavy (non-hydrogen) atoms. The second-order valence-corrected chi connectivity index (χ2v) is 5.75. The fraction of sp³-hybridized carbons (Fsp3) is 0.625. The van der Waals surface area contributed by atoms with Gasteiger partial charge in [0.25, 0.3) is 0 Å². The zero-order valence-corrected chi connectivity index (χ0v) is 12.5. The molecule has 0 aromatic heterocycles. The number of aliphatic hydroxyl groups is 1. The van der Waals surface area contributed by atoms with E-state index in [1.807, 2.05) is 32.9 Å². The second-order valence-electron chi connectivity index (χ2n) is 5.75. The van der Waals surface area contributed by atoms with Crippen LogP contribution in [0.3, 0.4) is 0 Å². The highest BCUT2D eigenvalue weighted by molar-refractivity contribution is 5.13. The molecule has 4 nitrogen and oxygen atoms in total. The van der Waals surface area contributed by atoms with Crippen LogP contribution in [0.15, 0.2) is 36.1 Å². The Hall–Kier alpha value is -1.10. The highest BCUT2D eigenvalue weighted by atomic mass is 16.8. The summed E-state index contributed by atoms with van der Waals surface area (Å²) in [6.45, 7) is 9.43. The highest BCUT2D eigenvalue weighted by Crippen LogP contribution is 2.36. The molecule has 3 atom stereocenters. The molecule has 2 aliphatic rings. The van der Waals surface area contributed by atoms with Crippen molar-refractivity contribution in [2.45, 2.75) is 64.3 Å². The van der Waals surface area contributed by atoms with Crippen molar-refractivity contribution in [1.29, 1.82) is 0 Å². The number of rotatable bonds is 6. The average Bonchev–Trinajstić information content (AvgIpc) is 2.87. The van der Waals surface area contributed by atoms with Gasteiger partial charge in [0.1, 0.15) is 18.0 Å². The van der Waals surface area contributed by atoms with Crippen LogP contribution in [0.5, 0.6) is 0 Å². The molecule has 0 amide bonds. The summed E-state index contributed by atoms with van der Waals surface area (Å²) in [6, 6.07) is 0. The summed E-state index contributed by atoms with van der Waals surface area (Å²) in [6.07, 6.45) is 7.04. The average molecular weight is 280 g/mol. The number of aliphatic hydroxyl groups excluding tert-OH is 1. The Morgan fingerprint density at radius 1 is 1.50 bits per heavy atom. The highest BCUT2D eigenvalue weighted by Gasteiger charge is 2.46. The van der Waals surface area contributed by atoms with Crippen LogP contribution in [0.2, 0.25) is 0 Å². The maximum absolute atomic E-state index is 10.1. The summed E-state index contributed by atoms with van der Waals surface area (Å²) < 4.78 is 16.9. The van der Waals surface area contributed by atoms with Gasteiger partial charge in [-0.15, -0.1) is 0 Å². The van der Waals surface area contributed by atoms with E-state index in [-0.39, 0.29) is 6.10 Å². The van der Waals surface area contributed by atoms with Gasteiger partial charge in [-0.05, 0) is 46.1 Å². The summed E-state index contributed by atoms with van der Waals surface area (Å²) in [5.41, 5.74) is 1.16. The number of fused-ring (bicyclic) bond motifs is 1. The summed E-state index contributed by atoms with van der Waals surface area (Å²) in [5, 5.41) is 10.1. The first-order valence-electron chi connectivity index (χ1n) is 7.12. The van der Waals surface area contributed by atoms with E-state index in [0.29, 0.717) is 12.2 Å². The summed E-state index contributed by atoms with van der Waals surface area (Å²) in [4.78, 5) is 0. The molecule has 0 bridgehead atoms. The van der Waals surface area contributed by atoms with Crippen molar-refractivity contribution in [3.8, 4) is 0 Å². The Morgan fingerprint density at radius 3 is 2.90 bits per heavy atom. The first-order chi connectivity index (χ1) is 9.41. The number of ether oxygens (including phenoxy) is 3. The summed E-state index contributed by atoms with van der Waals surface area (Å²) in [5.74, 6) is -0.0464. The topological polar surface area (TPSA) is 47.9 Å². The molecule has 112 valence electrons. The molecule has 1 N–H and O–H groups in total.